The molecule has 0 N–H and O–H groups in total. The molecule has 4 nitrogen and oxygen atoms in total. The summed E-state index contributed by atoms with van der Waals surface area (Å²) in [5.41, 5.74) is 9.87. The van der Waals surface area contributed by atoms with Crippen LogP contribution in [0.1, 0.15) is 23.1 Å². The second kappa shape index (κ2) is 8.99. The maximum atomic E-state index is 14.5. The van der Waals surface area contributed by atoms with Crippen LogP contribution in [0, 0.1) is 0 Å². The molecule has 47 heavy (non-hydrogen) atoms. The van der Waals surface area contributed by atoms with E-state index in [1.54, 1.807) is 0 Å². The fourth-order valence-corrected chi connectivity index (χ4v) is 8.34. The van der Waals surface area contributed by atoms with Gasteiger partial charge in [0.2, 0.25) is 0 Å². The molecule has 3 aromatic heterocycles. The van der Waals surface area contributed by atoms with E-state index in [1.165, 1.54) is 5.56 Å². The average molecular weight is 604 g/mol. The predicted molar refractivity (Wildman–Crippen MR) is 191 cm³/mol. The molecule has 2 aliphatic rings. The standard InChI is InChI=1S/C43H25NO3/c45-43-35-12-2-1-11-29(35)39-30(34-16-8-15-33-28-10-4-6-18-38(28)47-42(33)34)21-22-31-26-20-19-24(23-36(26)44(43)40(31)39)25-13-7-14-32-27-9-3-5-17-37(27)46-41(25)32/h1-23,26,36H. The van der Waals surface area contributed by atoms with Gasteiger partial charge in [-0.15, -0.1) is 0 Å². The Kier molecular flexibility index (Phi) is 4.80. The van der Waals surface area contributed by atoms with E-state index in [4.69, 9.17) is 8.83 Å². The lowest BCUT2D eigenvalue weighted by molar-refractivity contribution is 0.589. The smallest absolute Gasteiger partial charge is 0.259 e. The average Bonchev–Trinajstić information content (AvgIpc) is 3.80. The minimum absolute atomic E-state index is 0.0359. The zero-order valence-electron chi connectivity index (χ0n) is 25.1. The van der Waals surface area contributed by atoms with E-state index >= 15 is 0 Å². The van der Waals surface area contributed by atoms with Crippen molar-refractivity contribution >= 4 is 71.1 Å². The monoisotopic (exact) mass is 603 g/mol. The highest BCUT2D eigenvalue weighted by atomic mass is 16.3. The van der Waals surface area contributed by atoms with Crippen LogP contribution in [-0.4, -0.2) is 4.57 Å². The third-order valence-electron chi connectivity index (χ3n) is 10.4. The zero-order chi connectivity index (χ0) is 30.8. The van der Waals surface area contributed by atoms with Crippen LogP contribution in [0.3, 0.4) is 0 Å². The van der Waals surface area contributed by atoms with Crippen molar-refractivity contribution < 1.29 is 8.83 Å². The molecule has 0 saturated carbocycles. The summed E-state index contributed by atoms with van der Waals surface area (Å²) in [6.07, 6.45) is 6.74. The van der Waals surface area contributed by atoms with Crippen LogP contribution in [0.25, 0.3) is 82.3 Å². The van der Waals surface area contributed by atoms with Gasteiger partial charge in [-0.2, -0.15) is 0 Å². The van der Waals surface area contributed by atoms with Crippen LogP contribution in [0.5, 0.6) is 0 Å². The summed E-state index contributed by atoms with van der Waals surface area (Å²) in [6, 6.07) is 41.4. The fourth-order valence-electron chi connectivity index (χ4n) is 8.34. The fraction of sp³-hybridized carbons (Fsp3) is 0.0465. The molecular formula is C43H25NO3. The third kappa shape index (κ3) is 3.24. The third-order valence-corrected chi connectivity index (χ3v) is 10.4. The van der Waals surface area contributed by atoms with Crippen molar-refractivity contribution in [2.45, 2.75) is 12.0 Å². The van der Waals surface area contributed by atoms with Gasteiger partial charge in [0.1, 0.15) is 22.3 Å². The first kappa shape index (κ1) is 25.1. The van der Waals surface area contributed by atoms with Gasteiger partial charge in [0.15, 0.2) is 0 Å². The molecule has 0 radical (unpaired) electrons. The highest BCUT2D eigenvalue weighted by Gasteiger charge is 2.36. The van der Waals surface area contributed by atoms with Gasteiger partial charge in [0.25, 0.3) is 5.56 Å². The number of benzene rings is 6. The van der Waals surface area contributed by atoms with Crippen molar-refractivity contribution in [3.63, 3.8) is 0 Å². The highest BCUT2D eigenvalue weighted by Crippen LogP contribution is 2.50. The van der Waals surface area contributed by atoms with Crippen molar-refractivity contribution in [1.29, 1.82) is 0 Å². The molecule has 4 heteroatoms. The van der Waals surface area contributed by atoms with Gasteiger partial charge in [0, 0.05) is 49.4 Å². The van der Waals surface area contributed by atoms with Crippen LogP contribution >= 0.6 is 0 Å². The Bertz CT molecular complexity index is 2950. The van der Waals surface area contributed by atoms with Crippen molar-refractivity contribution in [3.05, 3.63) is 161 Å². The summed E-state index contributed by atoms with van der Waals surface area (Å²) in [4.78, 5) is 14.5. The molecule has 0 amide bonds. The lowest BCUT2D eigenvalue weighted by Gasteiger charge is -2.22. The topological polar surface area (TPSA) is 48.3 Å². The van der Waals surface area contributed by atoms with E-state index in [0.717, 1.165) is 87.8 Å². The van der Waals surface area contributed by atoms with Crippen molar-refractivity contribution in [1.82, 2.24) is 4.57 Å². The summed E-state index contributed by atoms with van der Waals surface area (Å²) in [7, 11) is 0. The normalized spacial score (nSPS) is 17.1. The van der Waals surface area contributed by atoms with E-state index in [1.807, 2.05) is 53.1 Å². The number of rotatable bonds is 2. The number of hydrogen-bond acceptors (Lipinski definition) is 3. The van der Waals surface area contributed by atoms with Crippen LogP contribution in [0.2, 0.25) is 0 Å². The largest absolute Gasteiger partial charge is 0.455 e. The molecule has 11 rings (SSSR count). The number of fused-ring (bicyclic) bond motifs is 11. The molecule has 0 spiro atoms. The number of nitrogens with zero attached hydrogens (tertiary/aromatic N) is 1. The summed E-state index contributed by atoms with van der Waals surface area (Å²) in [6.45, 7) is 0. The molecule has 1 aliphatic heterocycles. The van der Waals surface area contributed by atoms with Crippen LogP contribution in [-0.2, 0) is 0 Å². The van der Waals surface area contributed by atoms with Gasteiger partial charge >= 0.3 is 0 Å². The molecule has 9 aromatic rings. The second-order valence-corrected chi connectivity index (χ2v) is 12.7. The summed E-state index contributed by atoms with van der Waals surface area (Å²) in [5, 5.41) is 7.17. The Morgan fingerprint density at radius 1 is 0.532 bits per heavy atom. The summed E-state index contributed by atoms with van der Waals surface area (Å²) >= 11 is 0. The SMILES string of the molecule is O=c1c2ccccc2c2c(-c3cccc4c3oc3ccccc34)ccc3c2n1C1C=C(c2cccc4c2oc2ccccc24)C=CC31. The molecule has 0 saturated heterocycles. The Morgan fingerprint density at radius 2 is 1.13 bits per heavy atom. The molecule has 2 unspecified atom stereocenters. The quantitative estimate of drug-likeness (QED) is 0.185. The lowest BCUT2D eigenvalue weighted by Crippen LogP contribution is -2.24. The van der Waals surface area contributed by atoms with Crippen molar-refractivity contribution in [2.75, 3.05) is 0 Å². The van der Waals surface area contributed by atoms with Gasteiger partial charge in [-0.05, 0) is 40.3 Å². The zero-order valence-corrected chi connectivity index (χ0v) is 25.1. The molecule has 220 valence electrons. The van der Waals surface area contributed by atoms with E-state index in [-0.39, 0.29) is 17.5 Å². The van der Waals surface area contributed by atoms with Crippen molar-refractivity contribution in [2.24, 2.45) is 0 Å². The van der Waals surface area contributed by atoms with E-state index in [2.05, 4.69) is 91.0 Å². The van der Waals surface area contributed by atoms with E-state index < -0.39 is 0 Å². The van der Waals surface area contributed by atoms with Gasteiger partial charge < -0.3 is 8.83 Å². The van der Waals surface area contributed by atoms with Gasteiger partial charge in [-0.3, -0.25) is 9.36 Å². The first-order chi connectivity index (χ1) is 23.2. The molecule has 0 bridgehead atoms. The molecule has 2 atom stereocenters. The van der Waals surface area contributed by atoms with Gasteiger partial charge in [0.05, 0.1) is 11.6 Å². The number of pyridine rings is 1. The van der Waals surface area contributed by atoms with Crippen molar-refractivity contribution in [3.8, 4) is 11.1 Å². The second-order valence-electron chi connectivity index (χ2n) is 12.7. The number of hydrogen-bond donors (Lipinski definition) is 0. The molecule has 6 aromatic carbocycles. The maximum Gasteiger partial charge on any atom is 0.259 e. The minimum Gasteiger partial charge on any atom is -0.455 e. The van der Waals surface area contributed by atoms with Crippen LogP contribution in [0.15, 0.2) is 153 Å². The number of aromatic nitrogens is 1. The number of para-hydroxylation sites is 4. The number of allylic oxidation sites excluding steroid dienone is 4. The molecule has 0 fully saturated rings. The Labute approximate surface area is 268 Å². The first-order valence-electron chi connectivity index (χ1n) is 16.1. The molecule has 4 heterocycles. The number of furan rings is 2. The van der Waals surface area contributed by atoms with E-state index in [0.29, 0.717) is 0 Å². The first-order valence-corrected chi connectivity index (χ1v) is 16.1. The summed E-state index contributed by atoms with van der Waals surface area (Å²) < 4.78 is 15.0. The minimum atomic E-state index is -0.165. The van der Waals surface area contributed by atoms with E-state index in [9.17, 15) is 4.79 Å². The van der Waals surface area contributed by atoms with Gasteiger partial charge in [-0.1, -0.05) is 121 Å². The predicted octanol–water partition coefficient (Wildman–Crippen LogP) is 10.9. The molecular weight excluding hydrogens is 578 g/mol. The molecule has 1 aliphatic carbocycles. The van der Waals surface area contributed by atoms with Crippen LogP contribution < -0.4 is 5.56 Å². The maximum absolute atomic E-state index is 14.5. The highest BCUT2D eigenvalue weighted by molar-refractivity contribution is 6.18. The Morgan fingerprint density at radius 3 is 1.85 bits per heavy atom. The van der Waals surface area contributed by atoms with Gasteiger partial charge in [-0.25, -0.2) is 0 Å². The summed E-state index contributed by atoms with van der Waals surface area (Å²) in [5.74, 6) is 0.0386. The van der Waals surface area contributed by atoms with Crippen LogP contribution in [0.4, 0.5) is 0 Å². The Hall–Kier alpha value is -6.13. The lowest BCUT2D eigenvalue weighted by atomic mass is 9.85. The Balaban J connectivity index is 1.19.